The van der Waals surface area contributed by atoms with Gasteiger partial charge in [0, 0.05) is 30.3 Å². The van der Waals surface area contributed by atoms with Gasteiger partial charge in [-0.05, 0) is 41.5 Å². The first-order chi connectivity index (χ1) is 7.74. The Hall–Kier alpha value is 0.0969. The van der Waals surface area contributed by atoms with Gasteiger partial charge >= 0.3 is 8.72 Å². The van der Waals surface area contributed by atoms with E-state index in [1.54, 1.807) is 14.2 Å². The fourth-order valence-corrected chi connectivity index (χ4v) is 7.30. The molecule has 4 heteroatoms. The first-order valence-corrected chi connectivity index (χ1v) is 8.41. The van der Waals surface area contributed by atoms with Crippen molar-refractivity contribution >= 4 is 8.72 Å². The Labute approximate surface area is 115 Å². The van der Waals surface area contributed by atoms with E-state index in [-0.39, 0.29) is 16.1 Å². The SMILES string of the molecule is CO[Si](OC)(N(C(C)(C)C)C(C)(C)C)C(C)(C)C. The molecule has 0 saturated carbocycles. The average Bonchev–Trinajstić information content (AvgIpc) is 2.07. The zero-order chi connectivity index (χ0) is 15.0. The summed E-state index contributed by atoms with van der Waals surface area (Å²) in [5.74, 6) is 0. The van der Waals surface area contributed by atoms with Crippen molar-refractivity contribution in [2.24, 2.45) is 0 Å². The second-order valence-corrected chi connectivity index (χ2v) is 11.8. The van der Waals surface area contributed by atoms with Crippen LogP contribution in [0.25, 0.3) is 0 Å². The molecule has 0 atom stereocenters. The van der Waals surface area contributed by atoms with Crippen molar-refractivity contribution in [2.45, 2.75) is 78.4 Å². The summed E-state index contributed by atoms with van der Waals surface area (Å²) >= 11 is 0. The summed E-state index contributed by atoms with van der Waals surface area (Å²) in [6.45, 7) is 20.0. The van der Waals surface area contributed by atoms with Crippen molar-refractivity contribution in [3.8, 4) is 0 Å². The van der Waals surface area contributed by atoms with Crippen LogP contribution in [0.3, 0.4) is 0 Å². The lowest BCUT2D eigenvalue weighted by atomic mass is 10.0. The van der Waals surface area contributed by atoms with Crippen LogP contribution < -0.4 is 0 Å². The molecule has 0 aliphatic heterocycles. The monoisotopic (exact) mass is 275 g/mol. The van der Waals surface area contributed by atoms with Crippen LogP contribution in [0.4, 0.5) is 0 Å². The lowest BCUT2D eigenvalue weighted by Gasteiger charge is -2.57. The minimum atomic E-state index is -2.51. The minimum Gasteiger partial charge on any atom is -0.386 e. The smallest absolute Gasteiger partial charge is 0.386 e. The fraction of sp³-hybridized carbons (Fsp3) is 1.00. The van der Waals surface area contributed by atoms with Gasteiger partial charge in [0.05, 0.1) is 0 Å². The molecule has 0 rings (SSSR count). The molecule has 0 bridgehead atoms. The molecule has 0 aromatic carbocycles. The standard InChI is InChI=1S/C14H33NO2Si/c1-12(2,3)15(13(4,5)6)18(16-10,17-11)14(7,8)9/h1-11H3. The fourth-order valence-electron chi connectivity index (χ4n) is 3.10. The molecule has 0 aromatic heterocycles. The summed E-state index contributed by atoms with van der Waals surface area (Å²) in [6, 6.07) is 0. The van der Waals surface area contributed by atoms with Crippen LogP contribution in [-0.4, -0.2) is 38.6 Å². The molecule has 110 valence electrons. The van der Waals surface area contributed by atoms with Crippen LogP contribution >= 0.6 is 0 Å². The van der Waals surface area contributed by atoms with E-state index in [2.05, 4.69) is 66.9 Å². The van der Waals surface area contributed by atoms with Gasteiger partial charge in [0.15, 0.2) is 0 Å². The molecular formula is C14H33NO2Si. The highest BCUT2D eigenvalue weighted by Crippen LogP contribution is 2.45. The van der Waals surface area contributed by atoms with Crippen molar-refractivity contribution in [1.29, 1.82) is 0 Å². The molecule has 18 heavy (non-hydrogen) atoms. The van der Waals surface area contributed by atoms with Crippen LogP contribution in [0, 0.1) is 0 Å². The van der Waals surface area contributed by atoms with Crippen molar-refractivity contribution in [3.05, 3.63) is 0 Å². The number of nitrogens with zero attached hydrogens (tertiary/aromatic N) is 1. The number of hydrogen-bond acceptors (Lipinski definition) is 3. The molecule has 0 spiro atoms. The number of hydrogen-bond donors (Lipinski definition) is 0. The Morgan fingerprint density at radius 1 is 0.667 bits per heavy atom. The van der Waals surface area contributed by atoms with E-state index in [0.717, 1.165) is 0 Å². The minimum absolute atomic E-state index is 0.0101. The van der Waals surface area contributed by atoms with Gasteiger partial charge < -0.3 is 8.85 Å². The van der Waals surface area contributed by atoms with Crippen LogP contribution in [0.1, 0.15) is 62.3 Å². The maximum Gasteiger partial charge on any atom is 0.433 e. The highest BCUT2D eigenvalue weighted by molar-refractivity contribution is 6.68. The molecular weight excluding hydrogens is 242 g/mol. The molecule has 0 amide bonds. The van der Waals surface area contributed by atoms with Gasteiger partial charge in [0.25, 0.3) is 0 Å². The molecule has 0 heterocycles. The Morgan fingerprint density at radius 3 is 1.00 bits per heavy atom. The van der Waals surface area contributed by atoms with Crippen molar-refractivity contribution in [1.82, 2.24) is 4.57 Å². The maximum absolute atomic E-state index is 6.01. The van der Waals surface area contributed by atoms with Crippen LogP contribution in [-0.2, 0) is 8.85 Å². The van der Waals surface area contributed by atoms with E-state index in [4.69, 9.17) is 8.85 Å². The van der Waals surface area contributed by atoms with Crippen LogP contribution in [0.2, 0.25) is 5.04 Å². The summed E-state index contributed by atoms with van der Waals surface area (Å²) in [5, 5.41) is -0.0307. The zero-order valence-electron chi connectivity index (χ0n) is 14.3. The van der Waals surface area contributed by atoms with E-state index >= 15 is 0 Å². The molecule has 0 N–H and O–H groups in total. The van der Waals surface area contributed by atoms with E-state index in [9.17, 15) is 0 Å². The van der Waals surface area contributed by atoms with Gasteiger partial charge in [0.1, 0.15) is 0 Å². The van der Waals surface area contributed by atoms with Crippen molar-refractivity contribution in [3.63, 3.8) is 0 Å². The molecule has 0 fully saturated rings. The molecule has 0 aliphatic carbocycles. The molecule has 0 saturated heterocycles. The quantitative estimate of drug-likeness (QED) is 0.729. The second kappa shape index (κ2) is 5.23. The molecule has 3 nitrogen and oxygen atoms in total. The highest BCUT2D eigenvalue weighted by Gasteiger charge is 2.60. The van der Waals surface area contributed by atoms with Gasteiger partial charge in [0.2, 0.25) is 0 Å². The van der Waals surface area contributed by atoms with Crippen molar-refractivity contribution in [2.75, 3.05) is 14.2 Å². The van der Waals surface area contributed by atoms with Gasteiger partial charge in [-0.1, -0.05) is 20.8 Å². The van der Waals surface area contributed by atoms with Gasteiger partial charge in [-0.25, -0.2) is 0 Å². The lowest BCUT2D eigenvalue weighted by Crippen LogP contribution is -2.73. The van der Waals surface area contributed by atoms with E-state index < -0.39 is 8.72 Å². The first kappa shape index (κ1) is 18.1. The number of rotatable bonds is 3. The Morgan fingerprint density at radius 2 is 0.944 bits per heavy atom. The van der Waals surface area contributed by atoms with E-state index in [1.165, 1.54) is 0 Å². The summed E-state index contributed by atoms with van der Waals surface area (Å²) in [7, 11) is 1.05. The molecule has 0 aromatic rings. The Kier molecular flexibility index (Phi) is 5.26. The lowest BCUT2D eigenvalue weighted by molar-refractivity contribution is 0.0304. The van der Waals surface area contributed by atoms with Gasteiger partial charge in [-0.15, -0.1) is 0 Å². The second-order valence-electron chi connectivity index (χ2n) is 7.92. The van der Waals surface area contributed by atoms with E-state index in [0.29, 0.717) is 0 Å². The maximum atomic E-state index is 6.01. The molecule has 0 aliphatic rings. The van der Waals surface area contributed by atoms with Crippen LogP contribution in [0.15, 0.2) is 0 Å². The largest absolute Gasteiger partial charge is 0.433 e. The summed E-state index contributed by atoms with van der Waals surface area (Å²) in [6.07, 6.45) is 0. The normalized spacial score (nSPS) is 15.3. The highest BCUT2D eigenvalue weighted by atomic mass is 28.4. The molecule has 0 radical (unpaired) electrons. The summed E-state index contributed by atoms with van der Waals surface area (Å²) in [4.78, 5) is 0. The third-order valence-corrected chi connectivity index (χ3v) is 8.07. The predicted octanol–water partition coefficient (Wildman–Crippen LogP) is 3.92. The Balaban J connectivity index is 5.98. The topological polar surface area (TPSA) is 21.7 Å². The average molecular weight is 276 g/mol. The summed E-state index contributed by atoms with van der Waals surface area (Å²) < 4.78 is 14.5. The van der Waals surface area contributed by atoms with Gasteiger partial charge in [-0.2, -0.15) is 0 Å². The molecule has 0 unspecified atom stereocenters. The predicted molar refractivity (Wildman–Crippen MR) is 80.8 cm³/mol. The first-order valence-electron chi connectivity index (χ1n) is 6.65. The van der Waals surface area contributed by atoms with E-state index in [1.807, 2.05) is 0 Å². The third-order valence-electron chi connectivity index (χ3n) is 3.14. The summed E-state index contributed by atoms with van der Waals surface area (Å²) in [5.41, 5.74) is -0.0203. The van der Waals surface area contributed by atoms with Crippen LogP contribution in [0.5, 0.6) is 0 Å². The zero-order valence-corrected chi connectivity index (χ0v) is 15.3. The Bertz CT molecular complexity index is 253. The van der Waals surface area contributed by atoms with Gasteiger partial charge in [-0.3, -0.25) is 4.57 Å². The van der Waals surface area contributed by atoms with Crippen molar-refractivity contribution < 1.29 is 8.85 Å². The third kappa shape index (κ3) is 3.35.